The molecule has 0 saturated carbocycles. The maximum Gasteiger partial charge on any atom is 0.280 e. The van der Waals surface area contributed by atoms with Gasteiger partial charge in [0.2, 0.25) is 15.2 Å². The van der Waals surface area contributed by atoms with Crippen molar-refractivity contribution < 1.29 is 13.2 Å². The lowest BCUT2D eigenvalue weighted by Gasteiger charge is -2.19. The molecule has 2 aromatic carbocycles. The van der Waals surface area contributed by atoms with E-state index in [2.05, 4.69) is 26.0 Å². The zero-order valence-corrected chi connectivity index (χ0v) is 22.4. The first kappa shape index (κ1) is 24.7. The van der Waals surface area contributed by atoms with Crippen LogP contribution in [0.3, 0.4) is 0 Å². The fraction of sp³-hybridized carbons (Fsp3) is 0.174. The number of halogens is 1. The van der Waals surface area contributed by atoms with Gasteiger partial charge < -0.3 is 0 Å². The standard InChI is InChI=1S/C23H21BrN4O3S3/c1-3-27(4-2)34(30,31)19-10-7-16(8-11-19)22(29)28(25-15-18-6-5-13-32-18)23-26-20-12-9-17(24)14-21(20)33-23/h5-15H,3-4H2,1-2H3/b25-15+. The third-order valence-corrected chi connectivity index (χ3v) is 9.36. The third kappa shape index (κ3) is 5.13. The molecular formula is C23H21BrN4O3S3. The Labute approximate surface area is 214 Å². The van der Waals surface area contributed by atoms with E-state index >= 15 is 0 Å². The molecule has 1 amide bonds. The van der Waals surface area contributed by atoms with Crippen LogP contribution in [0.5, 0.6) is 0 Å². The Kier molecular flexibility index (Phi) is 7.58. The molecule has 2 heterocycles. The van der Waals surface area contributed by atoms with E-state index in [-0.39, 0.29) is 4.90 Å². The number of carbonyl (C=O) groups is 1. The van der Waals surface area contributed by atoms with Crippen LogP contribution in [0, 0.1) is 0 Å². The van der Waals surface area contributed by atoms with Crippen molar-refractivity contribution in [2.75, 3.05) is 18.1 Å². The first-order valence-electron chi connectivity index (χ1n) is 10.4. The number of sulfonamides is 1. The molecule has 11 heteroatoms. The summed E-state index contributed by atoms with van der Waals surface area (Å²) in [7, 11) is -3.61. The van der Waals surface area contributed by atoms with Gasteiger partial charge in [-0.3, -0.25) is 4.79 Å². The lowest BCUT2D eigenvalue weighted by Crippen LogP contribution is -2.30. The van der Waals surface area contributed by atoms with Crippen molar-refractivity contribution in [1.82, 2.24) is 9.29 Å². The molecule has 176 valence electrons. The topological polar surface area (TPSA) is 82.9 Å². The van der Waals surface area contributed by atoms with Crippen molar-refractivity contribution in [1.29, 1.82) is 0 Å². The molecule has 0 saturated heterocycles. The number of hydrogen-bond acceptors (Lipinski definition) is 7. The largest absolute Gasteiger partial charge is 0.280 e. The summed E-state index contributed by atoms with van der Waals surface area (Å²) in [4.78, 5) is 19.1. The van der Waals surface area contributed by atoms with Crippen molar-refractivity contribution in [3.8, 4) is 0 Å². The molecule has 0 bridgehead atoms. The normalized spacial score (nSPS) is 12.1. The molecule has 0 aliphatic carbocycles. The van der Waals surface area contributed by atoms with Gasteiger partial charge in [-0.1, -0.05) is 47.2 Å². The van der Waals surface area contributed by atoms with Gasteiger partial charge in [0.05, 0.1) is 21.3 Å². The molecule has 0 aliphatic heterocycles. The summed E-state index contributed by atoms with van der Waals surface area (Å²) in [6.45, 7) is 4.33. The summed E-state index contributed by atoms with van der Waals surface area (Å²) >= 11 is 6.31. The molecule has 4 aromatic rings. The molecule has 0 radical (unpaired) electrons. The van der Waals surface area contributed by atoms with E-state index in [9.17, 15) is 13.2 Å². The van der Waals surface area contributed by atoms with Crippen LogP contribution in [0.4, 0.5) is 5.13 Å². The van der Waals surface area contributed by atoms with Crippen molar-refractivity contribution in [3.63, 3.8) is 0 Å². The zero-order chi connectivity index (χ0) is 24.3. The maximum absolute atomic E-state index is 13.5. The number of benzene rings is 2. The predicted molar refractivity (Wildman–Crippen MR) is 143 cm³/mol. The minimum absolute atomic E-state index is 0.145. The Morgan fingerprint density at radius 1 is 1.12 bits per heavy atom. The average molecular weight is 578 g/mol. The van der Waals surface area contributed by atoms with Gasteiger partial charge in [-0.05, 0) is 53.9 Å². The van der Waals surface area contributed by atoms with Crippen LogP contribution in [0.15, 0.2) is 74.4 Å². The number of hydrazone groups is 1. The van der Waals surface area contributed by atoms with Crippen molar-refractivity contribution >= 4 is 76.1 Å². The lowest BCUT2D eigenvalue weighted by molar-refractivity contribution is 0.0987. The predicted octanol–water partition coefficient (Wildman–Crippen LogP) is 5.83. The number of carbonyl (C=O) groups excluding carboxylic acids is 1. The number of amides is 1. The van der Waals surface area contributed by atoms with Gasteiger partial charge in [0.15, 0.2) is 0 Å². The number of thiazole rings is 1. The monoisotopic (exact) mass is 576 g/mol. The van der Waals surface area contributed by atoms with E-state index in [0.29, 0.717) is 23.8 Å². The van der Waals surface area contributed by atoms with Gasteiger partial charge >= 0.3 is 0 Å². The van der Waals surface area contributed by atoms with Gasteiger partial charge in [-0.2, -0.15) is 14.4 Å². The summed E-state index contributed by atoms with van der Waals surface area (Å²) in [5.41, 5.74) is 1.07. The first-order valence-corrected chi connectivity index (χ1v) is 14.3. The molecule has 0 spiro atoms. The Morgan fingerprint density at radius 2 is 1.85 bits per heavy atom. The highest BCUT2D eigenvalue weighted by molar-refractivity contribution is 9.10. The Morgan fingerprint density at radius 3 is 2.50 bits per heavy atom. The summed E-state index contributed by atoms with van der Waals surface area (Å²) < 4.78 is 28.8. The van der Waals surface area contributed by atoms with Crippen molar-refractivity contribution in [2.45, 2.75) is 18.7 Å². The number of fused-ring (bicyclic) bond motifs is 1. The number of aromatic nitrogens is 1. The minimum Gasteiger partial charge on any atom is -0.267 e. The number of thiophene rings is 1. The highest BCUT2D eigenvalue weighted by Crippen LogP contribution is 2.32. The average Bonchev–Trinajstić information content (AvgIpc) is 3.49. The van der Waals surface area contributed by atoms with Crippen LogP contribution >= 0.6 is 38.6 Å². The molecule has 4 rings (SSSR count). The summed E-state index contributed by atoms with van der Waals surface area (Å²) in [5.74, 6) is -0.405. The smallest absolute Gasteiger partial charge is 0.267 e. The van der Waals surface area contributed by atoms with Crippen LogP contribution in [-0.4, -0.2) is 42.9 Å². The van der Waals surface area contributed by atoms with Gasteiger partial charge in [-0.15, -0.1) is 11.3 Å². The lowest BCUT2D eigenvalue weighted by atomic mass is 10.2. The van der Waals surface area contributed by atoms with Gasteiger partial charge in [-0.25, -0.2) is 13.4 Å². The highest BCUT2D eigenvalue weighted by Gasteiger charge is 2.24. The van der Waals surface area contributed by atoms with Crippen molar-refractivity contribution in [3.05, 3.63) is 74.9 Å². The Bertz CT molecular complexity index is 1430. The van der Waals surface area contributed by atoms with Crippen LogP contribution in [-0.2, 0) is 10.0 Å². The maximum atomic E-state index is 13.5. The van der Waals surface area contributed by atoms with E-state index < -0.39 is 15.9 Å². The van der Waals surface area contributed by atoms with Gasteiger partial charge in [0, 0.05) is 28.0 Å². The van der Waals surface area contributed by atoms with Crippen LogP contribution in [0.1, 0.15) is 29.1 Å². The van der Waals surface area contributed by atoms with Gasteiger partial charge in [0.25, 0.3) is 5.91 Å². The first-order chi connectivity index (χ1) is 16.3. The third-order valence-electron chi connectivity index (χ3n) is 5.00. The molecule has 0 N–H and O–H groups in total. The molecule has 34 heavy (non-hydrogen) atoms. The van der Waals surface area contributed by atoms with Crippen LogP contribution in [0.25, 0.3) is 10.2 Å². The number of hydrogen-bond donors (Lipinski definition) is 0. The summed E-state index contributed by atoms with van der Waals surface area (Å²) in [6.07, 6.45) is 1.61. The molecule has 0 unspecified atom stereocenters. The molecule has 0 aliphatic rings. The van der Waals surface area contributed by atoms with E-state index in [1.807, 2.05) is 35.7 Å². The second kappa shape index (κ2) is 10.4. The second-order valence-electron chi connectivity index (χ2n) is 7.10. The summed E-state index contributed by atoms with van der Waals surface area (Å²) in [5, 5.41) is 8.04. The van der Waals surface area contributed by atoms with E-state index in [1.165, 1.54) is 56.3 Å². The molecule has 0 atom stereocenters. The molecule has 7 nitrogen and oxygen atoms in total. The number of rotatable bonds is 8. The van der Waals surface area contributed by atoms with Crippen LogP contribution in [0.2, 0.25) is 0 Å². The second-order valence-corrected chi connectivity index (χ2v) is 11.9. The number of anilines is 1. The zero-order valence-electron chi connectivity index (χ0n) is 18.4. The molecular weight excluding hydrogens is 556 g/mol. The highest BCUT2D eigenvalue weighted by atomic mass is 79.9. The Hall–Kier alpha value is -2.44. The van der Waals surface area contributed by atoms with Gasteiger partial charge in [0.1, 0.15) is 0 Å². The van der Waals surface area contributed by atoms with Crippen molar-refractivity contribution in [2.24, 2.45) is 5.10 Å². The molecule has 2 aromatic heterocycles. The van der Waals surface area contributed by atoms with Crippen LogP contribution < -0.4 is 5.01 Å². The summed E-state index contributed by atoms with van der Waals surface area (Å²) in [6, 6.07) is 15.4. The fourth-order valence-corrected chi connectivity index (χ4v) is 6.76. The number of nitrogens with zero attached hydrogens (tertiary/aromatic N) is 4. The van der Waals surface area contributed by atoms with E-state index in [4.69, 9.17) is 0 Å². The Balaban J connectivity index is 1.70. The minimum atomic E-state index is -3.61. The van der Waals surface area contributed by atoms with E-state index in [1.54, 1.807) is 20.1 Å². The molecule has 0 fully saturated rings. The SMILES string of the molecule is CCN(CC)S(=O)(=O)c1ccc(C(=O)N(/N=C/c2cccs2)c2nc3ccc(Br)cc3s2)cc1. The fourth-order valence-electron chi connectivity index (χ4n) is 3.25. The van der Waals surface area contributed by atoms with E-state index in [0.717, 1.165) is 19.6 Å². The quantitative estimate of drug-likeness (QED) is 0.195.